The topological polar surface area (TPSA) is 88.2 Å². The van der Waals surface area contributed by atoms with Crippen LogP contribution in [0.15, 0.2) is 70.3 Å². The molecule has 0 aliphatic rings. The third-order valence-corrected chi connectivity index (χ3v) is 8.23. The van der Waals surface area contributed by atoms with Crippen LogP contribution in [0.4, 0.5) is 5.69 Å². The first-order valence-electron chi connectivity index (χ1n) is 9.26. The zero-order valence-electron chi connectivity index (χ0n) is 15.9. The normalized spacial score (nSPS) is 11.6. The Labute approximate surface area is 182 Å². The van der Waals surface area contributed by atoms with Crippen LogP contribution >= 0.6 is 22.7 Å². The van der Waals surface area contributed by atoms with Crippen LogP contribution in [0, 0.1) is 0 Å². The van der Waals surface area contributed by atoms with E-state index in [1.807, 2.05) is 42.5 Å². The Morgan fingerprint density at radius 2 is 1.80 bits per heavy atom. The van der Waals surface area contributed by atoms with E-state index in [2.05, 4.69) is 21.1 Å². The highest BCUT2D eigenvalue weighted by Gasteiger charge is 2.15. The minimum Gasteiger partial charge on any atom is -0.326 e. The van der Waals surface area contributed by atoms with Crippen molar-refractivity contribution in [1.29, 1.82) is 0 Å². The third-order valence-electron chi connectivity index (χ3n) is 4.34. The Morgan fingerprint density at radius 3 is 2.53 bits per heavy atom. The lowest BCUT2D eigenvalue weighted by Gasteiger charge is -2.07. The molecule has 4 rings (SSSR count). The number of para-hydroxylation sites is 1. The first-order chi connectivity index (χ1) is 14.5. The summed E-state index contributed by atoms with van der Waals surface area (Å²) in [5.41, 5.74) is 2.79. The largest absolute Gasteiger partial charge is 0.326 e. The van der Waals surface area contributed by atoms with Gasteiger partial charge in [0.05, 0.1) is 15.2 Å². The number of thiazole rings is 1. The number of rotatable bonds is 8. The Morgan fingerprint density at radius 1 is 1.00 bits per heavy atom. The fourth-order valence-electron chi connectivity index (χ4n) is 2.89. The van der Waals surface area contributed by atoms with E-state index in [1.54, 1.807) is 22.8 Å². The molecule has 2 aromatic carbocycles. The molecule has 0 radical (unpaired) electrons. The molecule has 0 spiro atoms. The standard InChI is InChI=1S/C21H19N3O3S3/c25-19(11-12-22-30(26,27)21-6-3-13-28-21)23-16-9-7-15(8-10-16)14-20-24-17-4-1-2-5-18(17)29-20/h1-10,13,22H,11-12,14H2,(H,23,25). The van der Waals surface area contributed by atoms with Gasteiger partial charge in [0.25, 0.3) is 0 Å². The lowest BCUT2D eigenvalue weighted by molar-refractivity contribution is -0.116. The van der Waals surface area contributed by atoms with E-state index in [9.17, 15) is 13.2 Å². The highest BCUT2D eigenvalue weighted by atomic mass is 32.2. The lowest BCUT2D eigenvalue weighted by Crippen LogP contribution is -2.27. The fourth-order valence-corrected chi connectivity index (χ4v) is 5.96. The summed E-state index contributed by atoms with van der Waals surface area (Å²) in [4.78, 5) is 16.8. The zero-order chi connectivity index (χ0) is 21.0. The maximum absolute atomic E-state index is 12.1. The average molecular weight is 458 g/mol. The molecule has 2 N–H and O–H groups in total. The van der Waals surface area contributed by atoms with Crippen molar-refractivity contribution >= 4 is 54.5 Å². The van der Waals surface area contributed by atoms with Crippen LogP contribution < -0.4 is 10.0 Å². The number of sulfonamides is 1. The van der Waals surface area contributed by atoms with Gasteiger partial charge in [-0.1, -0.05) is 30.3 Å². The number of carbonyl (C=O) groups is 1. The molecule has 30 heavy (non-hydrogen) atoms. The van der Waals surface area contributed by atoms with Crippen molar-refractivity contribution in [3.63, 3.8) is 0 Å². The molecule has 0 aliphatic carbocycles. The van der Waals surface area contributed by atoms with Crippen molar-refractivity contribution in [3.8, 4) is 0 Å². The number of benzene rings is 2. The maximum Gasteiger partial charge on any atom is 0.250 e. The highest BCUT2D eigenvalue weighted by molar-refractivity contribution is 7.91. The number of hydrogen-bond acceptors (Lipinski definition) is 6. The number of anilines is 1. The molecule has 0 saturated heterocycles. The van der Waals surface area contributed by atoms with Gasteiger partial charge in [0.15, 0.2) is 0 Å². The van der Waals surface area contributed by atoms with Crippen molar-refractivity contribution in [2.45, 2.75) is 17.1 Å². The molecule has 2 heterocycles. The van der Waals surface area contributed by atoms with E-state index in [4.69, 9.17) is 0 Å². The van der Waals surface area contributed by atoms with Gasteiger partial charge in [0, 0.05) is 25.1 Å². The quantitative estimate of drug-likeness (QED) is 0.414. The van der Waals surface area contributed by atoms with Gasteiger partial charge in [-0.15, -0.1) is 22.7 Å². The second kappa shape index (κ2) is 9.05. The van der Waals surface area contributed by atoms with Gasteiger partial charge >= 0.3 is 0 Å². The summed E-state index contributed by atoms with van der Waals surface area (Å²) in [7, 11) is -3.55. The van der Waals surface area contributed by atoms with Crippen molar-refractivity contribution < 1.29 is 13.2 Å². The molecule has 0 aliphatic heterocycles. The highest BCUT2D eigenvalue weighted by Crippen LogP contribution is 2.24. The molecule has 0 saturated carbocycles. The molecule has 9 heteroatoms. The van der Waals surface area contributed by atoms with Crippen LogP contribution in [0.3, 0.4) is 0 Å². The van der Waals surface area contributed by atoms with Gasteiger partial charge in [0.1, 0.15) is 4.21 Å². The maximum atomic E-state index is 12.1. The van der Waals surface area contributed by atoms with Crippen molar-refractivity contribution in [2.24, 2.45) is 0 Å². The van der Waals surface area contributed by atoms with Crippen LogP contribution in [0.1, 0.15) is 17.0 Å². The zero-order valence-corrected chi connectivity index (χ0v) is 18.3. The van der Waals surface area contributed by atoms with Gasteiger partial charge in [-0.3, -0.25) is 4.79 Å². The van der Waals surface area contributed by atoms with Crippen LogP contribution in [0.2, 0.25) is 0 Å². The Kier molecular flexibility index (Phi) is 6.24. The third kappa shape index (κ3) is 5.11. The first kappa shape index (κ1) is 20.7. The Hall–Kier alpha value is -2.59. The second-order valence-electron chi connectivity index (χ2n) is 6.58. The monoisotopic (exact) mass is 457 g/mol. The van der Waals surface area contributed by atoms with E-state index in [0.717, 1.165) is 33.8 Å². The smallest absolute Gasteiger partial charge is 0.250 e. The van der Waals surface area contributed by atoms with Gasteiger partial charge in [-0.05, 0) is 41.3 Å². The number of aromatic nitrogens is 1. The summed E-state index contributed by atoms with van der Waals surface area (Å²) in [6.45, 7) is 0.0434. The number of fused-ring (bicyclic) bond motifs is 1. The molecule has 0 fully saturated rings. The number of nitrogens with one attached hydrogen (secondary N) is 2. The molecular formula is C21H19N3O3S3. The fraction of sp³-hybridized carbons (Fsp3) is 0.143. The summed E-state index contributed by atoms with van der Waals surface area (Å²) in [5.74, 6) is -0.247. The molecular weight excluding hydrogens is 438 g/mol. The minimum absolute atomic E-state index is 0.0434. The van der Waals surface area contributed by atoms with E-state index in [1.165, 1.54) is 10.8 Å². The number of carbonyl (C=O) groups excluding carboxylic acids is 1. The summed E-state index contributed by atoms with van der Waals surface area (Å²) >= 11 is 2.82. The van der Waals surface area contributed by atoms with E-state index in [-0.39, 0.29) is 23.1 Å². The molecule has 1 amide bonds. The van der Waals surface area contributed by atoms with Crippen LogP contribution in [0.5, 0.6) is 0 Å². The predicted molar refractivity (Wildman–Crippen MR) is 122 cm³/mol. The molecule has 4 aromatic rings. The molecule has 0 atom stereocenters. The SMILES string of the molecule is O=C(CCNS(=O)(=O)c1cccs1)Nc1ccc(Cc2nc3ccccc3s2)cc1. The lowest BCUT2D eigenvalue weighted by atomic mass is 10.1. The van der Waals surface area contributed by atoms with Crippen molar-refractivity contribution in [2.75, 3.05) is 11.9 Å². The number of amides is 1. The van der Waals surface area contributed by atoms with E-state index < -0.39 is 10.0 Å². The summed E-state index contributed by atoms with van der Waals surface area (Å²) in [5, 5.41) is 5.53. The average Bonchev–Trinajstić information content (AvgIpc) is 3.39. The summed E-state index contributed by atoms with van der Waals surface area (Å²) in [6.07, 6.45) is 0.788. The number of thiophene rings is 1. The van der Waals surface area contributed by atoms with Gasteiger partial charge in [0.2, 0.25) is 15.9 Å². The summed E-state index contributed by atoms with van der Waals surface area (Å²) in [6, 6.07) is 18.9. The number of nitrogens with zero attached hydrogens (tertiary/aromatic N) is 1. The van der Waals surface area contributed by atoms with E-state index in [0.29, 0.717) is 5.69 Å². The molecule has 154 valence electrons. The van der Waals surface area contributed by atoms with Crippen molar-refractivity contribution in [3.05, 3.63) is 76.6 Å². The molecule has 6 nitrogen and oxygen atoms in total. The second-order valence-corrected chi connectivity index (χ2v) is 10.6. The van der Waals surface area contributed by atoms with Gasteiger partial charge < -0.3 is 5.32 Å². The first-order valence-corrected chi connectivity index (χ1v) is 12.4. The molecule has 2 aromatic heterocycles. The number of hydrogen-bond donors (Lipinski definition) is 2. The summed E-state index contributed by atoms with van der Waals surface area (Å²) < 4.78 is 27.9. The molecule has 0 unspecified atom stereocenters. The van der Waals surface area contributed by atoms with Crippen LogP contribution in [-0.2, 0) is 21.2 Å². The predicted octanol–water partition coefficient (Wildman–Crippen LogP) is 4.26. The van der Waals surface area contributed by atoms with E-state index >= 15 is 0 Å². The Bertz CT molecular complexity index is 1210. The van der Waals surface area contributed by atoms with Crippen LogP contribution in [-0.4, -0.2) is 25.9 Å². The Balaban J connectivity index is 1.28. The van der Waals surface area contributed by atoms with Gasteiger partial charge in [-0.2, -0.15) is 0 Å². The van der Waals surface area contributed by atoms with Crippen LogP contribution in [0.25, 0.3) is 10.2 Å². The van der Waals surface area contributed by atoms with Crippen molar-refractivity contribution in [1.82, 2.24) is 9.71 Å². The molecule has 0 bridgehead atoms. The van der Waals surface area contributed by atoms with Gasteiger partial charge in [-0.25, -0.2) is 18.1 Å². The minimum atomic E-state index is -3.55.